The summed E-state index contributed by atoms with van der Waals surface area (Å²) in [7, 11) is 1.62. The van der Waals surface area contributed by atoms with Crippen LogP contribution in [0.25, 0.3) is 10.4 Å². The van der Waals surface area contributed by atoms with E-state index in [-0.39, 0.29) is 5.91 Å². The zero-order valence-electron chi connectivity index (χ0n) is 14.4. The van der Waals surface area contributed by atoms with Gasteiger partial charge in [-0.05, 0) is 37.6 Å². The van der Waals surface area contributed by atoms with Crippen molar-refractivity contribution in [3.05, 3.63) is 58.0 Å². The summed E-state index contributed by atoms with van der Waals surface area (Å²) in [5, 5.41) is 10.9. The number of hydrogen-bond donors (Lipinski definition) is 2. The number of aromatic amines is 1. The van der Waals surface area contributed by atoms with Crippen molar-refractivity contribution < 1.29 is 9.53 Å². The zero-order chi connectivity index (χ0) is 17.8. The quantitative estimate of drug-likeness (QED) is 0.711. The Balaban J connectivity index is 1.63. The molecule has 0 radical (unpaired) electrons. The van der Waals surface area contributed by atoms with Gasteiger partial charge >= 0.3 is 0 Å². The third kappa shape index (κ3) is 4.12. The van der Waals surface area contributed by atoms with Crippen LogP contribution in [0.2, 0.25) is 0 Å². The van der Waals surface area contributed by atoms with Crippen LogP contribution in [0.5, 0.6) is 0 Å². The summed E-state index contributed by atoms with van der Waals surface area (Å²) in [5.74, 6) is -0.119. The van der Waals surface area contributed by atoms with Gasteiger partial charge in [-0.2, -0.15) is 5.10 Å². The van der Waals surface area contributed by atoms with Crippen molar-refractivity contribution in [2.45, 2.75) is 27.0 Å². The molecule has 0 atom stereocenters. The summed E-state index contributed by atoms with van der Waals surface area (Å²) >= 11 is 1.66. The van der Waals surface area contributed by atoms with Gasteiger partial charge in [-0.3, -0.25) is 9.89 Å². The third-order valence-electron chi connectivity index (χ3n) is 3.73. The normalized spacial score (nSPS) is 10.8. The predicted octanol–water partition coefficient (Wildman–Crippen LogP) is 3.23. The van der Waals surface area contributed by atoms with Crippen molar-refractivity contribution in [1.29, 1.82) is 0 Å². The smallest absolute Gasteiger partial charge is 0.251 e. The number of rotatable bonds is 6. The van der Waals surface area contributed by atoms with Crippen molar-refractivity contribution in [1.82, 2.24) is 20.5 Å². The van der Waals surface area contributed by atoms with Crippen molar-refractivity contribution in [3.8, 4) is 10.4 Å². The number of aromatic nitrogens is 3. The van der Waals surface area contributed by atoms with Gasteiger partial charge in [0.15, 0.2) is 0 Å². The number of carbonyl (C=O) groups excluding carboxylic acids is 1. The number of thiazole rings is 1. The average Bonchev–Trinajstić information content (AvgIpc) is 3.19. The molecule has 130 valence electrons. The van der Waals surface area contributed by atoms with Crippen molar-refractivity contribution >= 4 is 17.2 Å². The topological polar surface area (TPSA) is 79.9 Å². The maximum atomic E-state index is 12.3. The molecular weight excluding hydrogens is 336 g/mol. The van der Waals surface area contributed by atoms with Gasteiger partial charge < -0.3 is 10.1 Å². The Bertz CT molecular complexity index is 868. The molecule has 6 nitrogen and oxygen atoms in total. The van der Waals surface area contributed by atoms with Crippen LogP contribution in [0.15, 0.2) is 30.3 Å². The molecule has 3 aromatic rings. The van der Waals surface area contributed by atoms with Crippen LogP contribution < -0.4 is 5.32 Å². The van der Waals surface area contributed by atoms with E-state index in [0.29, 0.717) is 18.7 Å². The first-order valence-corrected chi connectivity index (χ1v) is 8.73. The molecule has 0 saturated carbocycles. The Hall–Kier alpha value is -2.51. The summed E-state index contributed by atoms with van der Waals surface area (Å²) in [6.45, 7) is 4.84. The van der Waals surface area contributed by atoms with Gasteiger partial charge in [0.05, 0.1) is 40.1 Å². The highest BCUT2D eigenvalue weighted by atomic mass is 32.1. The number of hydrogen-bond acceptors (Lipinski definition) is 5. The number of nitrogens with zero attached hydrogens (tertiary/aromatic N) is 2. The van der Waals surface area contributed by atoms with Gasteiger partial charge in [0, 0.05) is 12.7 Å². The molecule has 0 aliphatic rings. The van der Waals surface area contributed by atoms with Crippen molar-refractivity contribution in [2.24, 2.45) is 0 Å². The molecular formula is C18H20N4O2S. The Morgan fingerprint density at radius 2 is 2.04 bits per heavy atom. The molecule has 2 aromatic heterocycles. The standard InChI is InChI=1S/C18H20N4O2S/c1-11-17(25-12(2)20-11)13-4-6-14(7-5-13)18(23)19-9-15-8-16(10-24-3)22-21-15/h4-8H,9-10H2,1-3H3,(H,19,23)(H,21,22). The van der Waals surface area contributed by atoms with Crippen LogP contribution in [-0.2, 0) is 17.9 Å². The fraction of sp³-hybridized carbons (Fsp3) is 0.278. The highest BCUT2D eigenvalue weighted by Crippen LogP contribution is 2.29. The minimum Gasteiger partial charge on any atom is -0.378 e. The highest BCUT2D eigenvalue weighted by molar-refractivity contribution is 7.15. The summed E-state index contributed by atoms with van der Waals surface area (Å²) < 4.78 is 5.02. The van der Waals surface area contributed by atoms with Crippen LogP contribution in [0.1, 0.15) is 32.4 Å². The summed E-state index contributed by atoms with van der Waals surface area (Å²) in [6, 6.07) is 9.47. The lowest BCUT2D eigenvalue weighted by Crippen LogP contribution is -2.22. The molecule has 0 aliphatic carbocycles. The van der Waals surface area contributed by atoms with Crippen LogP contribution in [0, 0.1) is 13.8 Å². The largest absolute Gasteiger partial charge is 0.378 e. The summed E-state index contributed by atoms with van der Waals surface area (Å²) in [5.41, 5.74) is 4.38. The zero-order valence-corrected chi connectivity index (χ0v) is 15.2. The van der Waals surface area contributed by atoms with E-state index in [1.807, 2.05) is 44.2 Å². The lowest BCUT2D eigenvalue weighted by molar-refractivity contribution is 0.0950. The molecule has 0 aliphatic heterocycles. The van der Waals surface area contributed by atoms with E-state index in [1.165, 1.54) is 0 Å². The van der Waals surface area contributed by atoms with Gasteiger partial charge in [0.2, 0.25) is 0 Å². The van der Waals surface area contributed by atoms with E-state index < -0.39 is 0 Å². The fourth-order valence-electron chi connectivity index (χ4n) is 2.57. The predicted molar refractivity (Wildman–Crippen MR) is 97.5 cm³/mol. The maximum absolute atomic E-state index is 12.3. The lowest BCUT2D eigenvalue weighted by atomic mass is 10.1. The van der Waals surface area contributed by atoms with Gasteiger partial charge in [0.25, 0.3) is 5.91 Å². The molecule has 0 fully saturated rings. The van der Waals surface area contributed by atoms with Crippen molar-refractivity contribution in [3.63, 3.8) is 0 Å². The second kappa shape index (κ2) is 7.58. The van der Waals surface area contributed by atoms with E-state index in [4.69, 9.17) is 4.74 Å². The van der Waals surface area contributed by atoms with Crippen LogP contribution >= 0.6 is 11.3 Å². The van der Waals surface area contributed by atoms with Gasteiger partial charge in [-0.1, -0.05) is 12.1 Å². The molecule has 0 bridgehead atoms. The Labute approximate surface area is 150 Å². The number of carbonyl (C=O) groups is 1. The van der Waals surface area contributed by atoms with E-state index in [0.717, 1.165) is 32.5 Å². The molecule has 3 rings (SSSR count). The first-order valence-electron chi connectivity index (χ1n) is 7.91. The van der Waals surface area contributed by atoms with Gasteiger partial charge in [0.1, 0.15) is 0 Å². The number of benzene rings is 1. The molecule has 0 saturated heterocycles. The lowest BCUT2D eigenvalue weighted by Gasteiger charge is -2.05. The SMILES string of the molecule is COCc1cc(CNC(=O)c2ccc(-c3sc(C)nc3C)cc2)[nH]n1. The molecule has 7 heteroatoms. The number of aryl methyl sites for hydroxylation is 2. The number of nitrogens with one attached hydrogen (secondary N) is 2. The maximum Gasteiger partial charge on any atom is 0.251 e. The Kier molecular flexibility index (Phi) is 5.25. The first kappa shape index (κ1) is 17.3. The highest BCUT2D eigenvalue weighted by Gasteiger charge is 2.10. The fourth-order valence-corrected chi connectivity index (χ4v) is 3.50. The second-order valence-corrected chi connectivity index (χ2v) is 6.93. The molecule has 0 unspecified atom stereocenters. The third-order valence-corrected chi connectivity index (χ3v) is 4.85. The molecule has 1 amide bonds. The minimum absolute atomic E-state index is 0.119. The molecule has 25 heavy (non-hydrogen) atoms. The number of methoxy groups -OCH3 is 1. The molecule has 2 N–H and O–H groups in total. The Morgan fingerprint density at radius 3 is 2.68 bits per heavy atom. The first-order chi connectivity index (χ1) is 12.1. The van der Waals surface area contributed by atoms with Crippen LogP contribution in [0.4, 0.5) is 0 Å². The van der Waals surface area contributed by atoms with Gasteiger partial charge in [-0.15, -0.1) is 11.3 Å². The van der Waals surface area contributed by atoms with Gasteiger partial charge in [-0.25, -0.2) is 4.98 Å². The monoisotopic (exact) mass is 356 g/mol. The number of amides is 1. The Morgan fingerprint density at radius 1 is 1.28 bits per heavy atom. The summed E-state index contributed by atoms with van der Waals surface area (Å²) in [6.07, 6.45) is 0. The van der Waals surface area contributed by atoms with E-state index in [9.17, 15) is 4.79 Å². The van der Waals surface area contributed by atoms with E-state index >= 15 is 0 Å². The summed E-state index contributed by atoms with van der Waals surface area (Å²) in [4.78, 5) is 17.9. The van der Waals surface area contributed by atoms with Crippen molar-refractivity contribution in [2.75, 3.05) is 7.11 Å². The minimum atomic E-state index is -0.119. The molecule has 1 aromatic carbocycles. The molecule has 0 spiro atoms. The average molecular weight is 356 g/mol. The second-order valence-electron chi connectivity index (χ2n) is 5.72. The van der Waals surface area contributed by atoms with E-state index in [2.05, 4.69) is 20.5 Å². The van der Waals surface area contributed by atoms with E-state index in [1.54, 1.807) is 18.4 Å². The van der Waals surface area contributed by atoms with Crippen LogP contribution in [0.3, 0.4) is 0 Å². The number of H-pyrrole nitrogens is 1. The molecule has 2 heterocycles. The number of ether oxygens (including phenoxy) is 1. The van der Waals surface area contributed by atoms with Crippen LogP contribution in [-0.4, -0.2) is 28.2 Å².